The van der Waals surface area contributed by atoms with Crippen molar-refractivity contribution in [2.24, 2.45) is 11.8 Å². The van der Waals surface area contributed by atoms with Crippen molar-refractivity contribution < 1.29 is 5.11 Å². The van der Waals surface area contributed by atoms with Crippen LogP contribution in [0.4, 0.5) is 11.8 Å². The number of nitrogens with zero attached hydrogens (tertiary/aromatic N) is 3. The van der Waals surface area contributed by atoms with E-state index in [0.29, 0.717) is 17.7 Å². The Hall–Kier alpha value is -1.36. The van der Waals surface area contributed by atoms with Gasteiger partial charge in [-0.1, -0.05) is 13.3 Å². The second-order valence-electron chi connectivity index (χ2n) is 6.00. The van der Waals surface area contributed by atoms with Gasteiger partial charge in [-0.2, -0.15) is 4.98 Å². The number of aliphatic hydroxyl groups is 1. The first kappa shape index (κ1) is 12.7. The number of aromatic nitrogens is 2. The summed E-state index contributed by atoms with van der Waals surface area (Å²) in [4.78, 5) is 10.7. The summed E-state index contributed by atoms with van der Waals surface area (Å²) in [5, 5.41) is 10.9. The third kappa shape index (κ3) is 2.16. The molecule has 2 heterocycles. The predicted octanol–water partition coefficient (Wildman–Crippen LogP) is 1.44. The van der Waals surface area contributed by atoms with Crippen LogP contribution in [0.3, 0.4) is 0 Å². The Kier molecular flexibility index (Phi) is 3.09. The highest BCUT2D eigenvalue weighted by Gasteiger charge is 2.47. The molecule has 0 spiro atoms. The van der Waals surface area contributed by atoms with Crippen LogP contribution in [0.2, 0.25) is 0 Å². The highest BCUT2D eigenvalue weighted by Crippen LogP contribution is 2.44. The molecule has 1 aromatic rings. The van der Waals surface area contributed by atoms with Gasteiger partial charge in [-0.05, 0) is 31.2 Å². The maximum absolute atomic E-state index is 10.9. The Labute approximate surface area is 113 Å². The van der Waals surface area contributed by atoms with Crippen LogP contribution in [0.25, 0.3) is 0 Å². The first-order chi connectivity index (χ1) is 9.09. The molecule has 1 aromatic heterocycles. The van der Waals surface area contributed by atoms with Crippen molar-refractivity contribution in [1.29, 1.82) is 0 Å². The number of hydrogen-bond acceptors (Lipinski definition) is 5. The van der Waals surface area contributed by atoms with Crippen LogP contribution in [0.1, 0.15) is 32.6 Å². The lowest BCUT2D eigenvalue weighted by Gasteiger charge is -2.50. The van der Waals surface area contributed by atoms with Crippen molar-refractivity contribution in [3.8, 4) is 0 Å². The summed E-state index contributed by atoms with van der Waals surface area (Å²) >= 11 is 0. The van der Waals surface area contributed by atoms with Crippen molar-refractivity contribution in [3.63, 3.8) is 0 Å². The van der Waals surface area contributed by atoms with Crippen molar-refractivity contribution in [1.82, 2.24) is 9.97 Å². The largest absolute Gasteiger partial charge is 0.389 e. The van der Waals surface area contributed by atoms with E-state index in [-0.39, 0.29) is 5.92 Å². The predicted molar refractivity (Wildman–Crippen MR) is 74.7 cm³/mol. The first-order valence-electron chi connectivity index (χ1n) is 7.15. The van der Waals surface area contributed by atoms with Gasteiger partial charge in [-0.25, -0.2) is 4.98 Å². The Bertz CT molecular complexity index is 463. The second kappa shape index (κ2) is 4.63. The van der Waals surface area contributed by atoms with Gasteiger partial charge in [-0.15, -0.1) is 0 Å². The molecule has 2 aliphatic rings. The van der Waals surface area contributed by atoms with E-state index in [1.165, 1.54) is 19.3 Å². The molecule has 2 atom stereocenters. The molecule has 5 heteroatoms. The zero-order chi connectivity index (χ0) is 13.5. The molecule has 1 aliphatic carbocycles. The number of hydrogen-bond donors (Lipinski definition) is 2. The zero-order valence-electron chi connectivity index (χ0n) is 11.4. The summed E-state index contributed by atoms with van der Waals surface area (Å²) in [6.07, 6.45) is 6.11. The highest BCUT2D eigenvalue weighted by molar-refractivity contribution is 5.38. The van der Waals surface area contributed by atoms with E-state index in [2.05, 4.69) is 21.8 Å². The lowest BCUT2D eigenvalue weighted by atomic mass is 9.65. The van der Waals surface area contributed by atoms with Crippen molar-refractivity contribution in [2.75, 3.05) is 23.7 Å². The van der Waals surface area contributed by atoms with Crippen molar-refractivity contribution >= 4 is 11.8 Å². The van der Waals surface area contributed by atoms with E-state index in [9.17, 15) is 5.11 Å². The fraction of sp³-hybridized carbons (Fsp3) is 0.714. The van der Waals surface area contributed by atoms with Gasteiger partial charge in [0.2, 0.25) is 5.95 Å². The molecular weight excluding hydrogens is 240 g/mol. The third-order valence-corrected chi connectivity index (χ3v) is 4.89. The maximum Gasteiger partial charge on any atom is 0.227 e. The molecule has 0 radical (unpaired) electrons. The SMILES string of the molecule is C[C@@H]1CN(c2nccc(N)n2)CC[C@@]1(O)C1CCC1. The molecule has 0 amide bonds. The molecule has 1 saturated heterocycles. The number of rotatable bonds is 2. The summed E-state index contributed by atoms with van der Waals surface area (Å²) in [6, 6.07) is 1.70. The Morgan fingerprint density at radius 2 is 2.26 bits per heavy atom. The Balaban J connectivity index is 1.73. The minimum Gasteiger partial charge on any atom is -0.389 e. The minimum atomic E-state index is -0.491. The topological polar surface area (TPSA) is 75.3 Å². The van der Waals surface area contributed by atoms with Crippen LogP contribution in [-0.4, -0.2) is 33.8 Å². The number of piperidine rings is 1. The summed E-state index contributed by atoms with van der Waals surface area (Å²) in [7, 11) is 0. The van der Waals surface area contributed by atoms with Gasteiger partial charge >= 0.3 is 0 Å². The summed E-state index contributed by atoms with van der Waals surface area (Å²) < 4.78 is 0. The fourth-order valence-corrected chi connectivity index (χ4v) is 3.35. The van der Waals surface area contributed by atoms with E-state index in [4.69, 9.17) is 5.73 Å². The molecular formula is C14H22N4O. The van der Waals surface area contributed by atoms with Gasteiger partial charge in [0.25, 0.3) is 0 Å². The monoisotopic (exact) mass is 262 g/mol. The fourth-order valence-electron chi connectivity index (χ4n) is 3.35. The molecule has 3 rings (SSSR count). The average Bonchev–Trinajstić information content (AvgIpc) is 2.30. The molecule has 0 bridgehead atoms. The summed E-state index contributed by atoms with van der Waals surface area (Å²) in [6.45, 7) is 3.74. The number of nitrogens with two attached hydrogens (primary N) is 1. The van der Waals surface area contributed by atoms with E-state index in [1.54, 1.807) is 12.3 Å². The van der Waals surface area contributed by atoms with E-state index >= 15 is 0 Å². The molecule has 19 heavy (non-hydrogen) atoms. The molecule has 1 aliphatic heterocycles. The molecule has 5 nitrogen and oxygen atoms in total. The van der Waals surface area contributed by atoms with Gasteiger partial charge in [-0.3, -0.25) is 0 Å². The summed E-state index contributed by atoms with van der Waals surface area (Å²) in [5.74, 6) is 1.92. The molecule has 104 valence electrons. The summed E-state index contributed by atoms with van der Waals surface area (Å²) in [5.41, 5.74) is 5.21. The lowest BCUT2D eigenvalue weighted by molar-refractivity contribution is -0.102. The maximum atomic E-state index is 10.9. The van der Waals surface area contributed by atoms with Crippen molar-refractivity contribution in [2.45, 2.75) is 38.2 Å². The van der Waals surface area contributed by atoms with Gasteiger partial charge < -0.3 is 15.7 Å². The molecule has 1 saturated carbocycles. The van der Waals surface area contributed by atoms with Gasteiger partial charge in [0.15, 0.2) is 0 Å². The van der Waals surface area contributed by atoms with Crippen molar-refractivity contribution in [3.05, 3.63) is 12.3 Å². The minimum absolute atomic E-state index is 0.247. The quantitative estimate of drug-likeness (QED) is 0.843. The van der Waals surface area contributed by atoms with E-state index in [0.717, 1.165) is 19.5 Å². The number of anilines is 2. The average molecular weight is 262 g/mol. The van der Waals surface area contributed by atoms with Gasteiger partial charge in [0, 0.05) is 25.2 Å². The first-order valence-corrected chi connectivity index (χ1v) is 7.15. The van der Waals surface area contributed by atoms with Crippen LogP contribution >= 0.6 is 0 Å². The third-order valence-electron chi connectivity index (χ3n) is 4.89. The molecule has 3 N–H and O–H groups in total. The molecule has 2 fully saturated rings. The van der Waals surface area contributed by atoms with Gasteiger partial charge in [0.05, 0.1) is 5.60 Å². The normalized spacial score (nSPS) is 32.1. The van der Waals surface area contributed by atoms with Crippen LogP contribution in [-0.2, 0) is 0 Å². The second-order valence-corrected chi connectivity index (χ2v) is 6.00. The number of nitrogen functional groups attached to an aromatic ring is 1. The van der Waals surface area contributed by atoms with E-state index in [1.807, 2.05) is 0 Å². The van der Waals surface area contributed by atoms with Gasteiger partial charge in [0.1, 0.15) is 5.82 Å². The Morgan fingerprint density at radius 3 is 2.84 bits per heavy atom. The highest BCUT2D eigenvalue weighted by atomic mass is 16.3. The van der Waals surface area contributed by atoms with Crippen LogP contribution < -0.4 is 10.6 Å². The Morgan fingerprint density at radius 1 is 1.47 bits per heavy atom. The van der Waals surface area contributed by atoms with Crippen LogP contribution in [0.5, 0.6) is 0 Å². The zero-order valence-corrected chi connectivity index (χ0v) is 11.4. The van der Waals surface area contributed by atoms with Crippen LogP contribution in [0, 0.1) is 11.8 Å². The van der Waals surface area contributed by atoms with E-state index < -0.39 is 5.60 Å². The standard InChI is InChI=1S/C14H22N4O/c1-10-9-18(13-16-7-5-12(15)17-13)8-6-14(10,19)11-3-2-4-11/h5,7,10-11,19H,2-4,6,8-9H2,1H3,(H2,15,16,17)/t10-,14+/m1/s1. The molecule has 0 aromatic carbocycles. The molecule has 0 unspecified atom stereocenters. The lowest BCUT2D eigenvalue weighted by Crippen LogP contribution is -2.56. The van der Waals surface area contributed by atoms with Crippen LogP contribution in [0.15, 0.2) is 12.3 Å². The smallest absolute Gasteiger partial charge is 0.227 e.